The average Bonchev–Trinajstić information content (AvgIpc) is 3.12. The van der Waals surface area contributed by atoms with E-state index >= 15 is 0 Å². The van der Waals surface area contributed by atoms with Crippen LogP contribution in [0.5, 0.6) is 11.5 Å². The Kier molecular flexibility index (Phi) is 9.37. The minimum atomic E-state index is -0.636. The van der Waals surface area contributed by atoms with Crippen LogP contribution in [-0.4, -0.2) is 74.5 Å². The van der Waals surface area contributed by atoms with Gasteiger partial charge in [-0.3, -0.25) is 0 Å². The van der Waals surface area contributed by atoms with Crippen molar-refractivity contribution >= 4 is 12.0 Å². The minimum Gasteiger partial charge on any atom is -0.497 e. The van der Waals surface area contributed by atoms with Gasteiger partial charge >= 0.3 is 12.0 Å². The molecule has 0 N–H and O–H groups in total. The Morgan fingerprint density at radius 2 is 1.63 bits per heavy atom. The van der Waals surface area contributed by atoms with Gasteiger partial charge in [-0.2, -0.15) is 0 Å². The summed E-state index contributed by atoms with van der Waals surface area (Å²) in [5.74, 6) is 1.17. The summed E-state index contributed by atoms with van der Waals surface area (Å²) >= 11 is 0. The van der Waals surface area contributed by atoms with Gasteiger partial charge in [0.25, 0.3) is 0 Å². The molecule has 8 heteroatoms. The molecule has 2 amide bonds. The van der Waals surface area contributed by atoms with Crippen molar-refractivity contribution in [3.8, 4) is 11.5 Å². The number of carbonyl (C=O) groups is 2. The van der Waals surface area contributed by atoms with E-state index in [4.69, 9.17) is 18.9 Å². The standard InChI is InChI=1S/C27H36N2O6/c1-19(2)35-25(26(30)33-5)16-20-6-12-24(13-7-20)34-15-14-22-18-29(27(31)28(22)3)17-21-8-10-23(32-4)11-9-21/h6-13,19,22,25H,14-18H2,1-5H3/t22-,25?/m0/s1. The second kappa shape index (κ2) is 12.4. The molecule has 1 aliphatic heterocycles. The molecular weight excluding hydrogens is 448 g/mol. The van der Waals surface area contributed by atoms with Gasteiger partial charge in [0, 0.05) is 33.0 Å². The maximum absolute atomic E-state index is 12.7. The van der Waals surface area contributed by atoms with Crippen LogP contribution in [0.25, 0.3) is 0 Å². The van der Waals surface area contributed by atoms with Gasteiger partial charge in [0.1, 0.15) is 11.5 Å². The molecule has 0 aliphatic carbocycles. The van der Waals surface area contributed by atoms with Crippen molar-refractivity contribution < 1.29 is 28.5 Å². The summed E-state index contributed by atoms with van der Waals surface area (Å²) in [6.45, 7) is 5.51. The molecule has 35 heavy (non-hydrogen) atoms. The molecular formula is C27H36N2O6. The summed E-state index contributed by atoms with van der Waals surface area (Å²) in [6.07, 6.45) is 0.456. The molecule has 0 radical (unpaired) electrons. The molecule has 1 aliphatic rings. The summed E-state index contributed by atoms with van der Waals surface area (Å²) in [5, 5.41) is 0. The van der Waals surface area contributed by atoms with Crippen LogP contribution in [0.15, 0.2) is 48.5 Å². The molecule has 3 rings (SSSR count). The highest BCUT2D eigenvalue weighted by atomic mass is 16.6. The number of carbonyl (C=O) groups excluding carboxylic acids is 2. The number of urea groups is 1. The topological polar surface area (TPSA) is 77.5 Å². The number of hydrogen-bond acceptors (Lipinski definition) is 6. The Morgan fingerprint density at radius 3 is 2.23 bits per heavy atom. The van der Waals surface area contributed by atoms with Gasteiger partial charge < -0.3 is 28.7 Å². The Labute approximate surface area is 207 Å². The molecule has 0 aromatic heterocycles. The zero-order valence-electron chi connectivity index (χ0n) is 21.2. The van der Waals surface area contributed by atoms with E-state index in [0.29, 0.717) is 26.1 Å². The van der Waals surface area contributed by atoms with Crippen molar-refractivity contribution in [2.75, 3.05) is 34.4 Å². The quantitative estimate of drug-likeness (QED) is 0.425. The van der Waals surface area contributed by atoms with Gasteiger partial charge in [0.05, 0.1) is 33.0 Å². The van der Waals surface area contributed by atoms with Gasteiger partial charge in [-0.1, -0.05) is 24.3 Å². The molecule has 1 fully saturated rings. The SMILES string of the molecule is COC(=O)C(Cc1ccc(OCC[C@H]2CN(Cc3ccc(OC)cc3)C(=O)N2C)cc1)OC(C)C. The Bertz CT molecular complexity index is 961. The van der Waals surface area contributed by atoms with Crippen LogP contribution in [0, 0.1) is 0 Å². The first-order valence-corrected chi connectivity index (χ1v) is 11.9. The van der Waals surface area contributed by atoms with Crippen LogP contribution in [0.4, 0.5) is 4.79 Å². The molecule has 0 saturated carbocycles. The lowest BCUT2D eigenvalue weighted by atomic mass is 10.1. The number of nitrogens with zero attached hydrogens (tertiary/aromatic N) is 2. The van der Waals surface area contributed by atoms with Gasteiger partial charge in [-0.15, -0.1) is 0 Å². The Balaban J connectivity index is 1.47. The Hall–Kier alpha value is -3.26. The van der Waals surface area contributed by atoms with Crippen LogP contribution in [0.1, 0.15) is 31.4 Å². The Morgan fingerprint density at radius 1 is 1.00 bits per heavy atom. The van der Waals surface area contributed by atoms with Crippen molar-refractivity contribution in [1.29, 1.82) is 0 Å². The lowest BCUT2D eigenvalue weighted by Crippen LogP contribution is -2.31. The van der Waals surface area contributed by atoms with E-state index in [9.17, 15) is 9.59 Å². The number of methoxy groups -OCH3 is 2. The predicted octanol–water partition coefficient (Wildman–Crippen LogP) is 3.91. The number of hydrogen-bond donors (Lipinski definition) is 0. The number of ether oxygens (including phenoxy) is 4. The van der Waals surface area contributed by atoms with Gasteiger partial charge in [-0.25, -0.2) is 9.59 Å². The van der Waals surface area contributed by atoms with E-state index in [-0.39, 0.29) is 24.1 Å². The molecule has 1 saturated heterocycles. The molecule has 1 heterocycles. The fraction of sp³-hybridized carbons (Fsp3) is 0.481. The van der Waals surface area contributed by atoms with Gasteiger partial charge in [0.15, 0.2) is 6.10 Å². The number of benzene rings is 2. The van der Waals surface area contributed by atoms with Gasteiger partial charge in [-0.05, 0) is 49.2 Å². The van der Waals surface area contributed by atoms with Crippen molar-refractivity contribution in [2.45, 2.75) is 51.5 Å². The fourth-order valence-corrected chi connectivity index (χ4v) is 4.10. The average molecular weight is 485 g/mol. The third kappa shape index (κ3) is 7.36. The van der Waals surface area contributed by atoms with Crippen LogP contribution in [0.2, 0.25) is 0 Å². The van der Waals surface area contributed by atoms with Gasteiger partial charge in [0.2, 0.25) is 0 Å². The first-order valence-electron chi connectivity index (χ1n) is 11.9. The third-order valence-corrected chi connectivity index (χ3v) is 6.05. The summed E-state index contributed by atoms with van der Waals surface area (Å²) in [7, 11) is 4.84. The smallest absolute Gasteiger partial charge is 0.335 e. The first kappa shape index (κ1) is 26.3. The summed E-state index contributed by atoms with van der Waals surface area (Å²) < 4.78 is 21.7. The second-order valence-electron chi connectivity index (χ2n) is 8.96. The highest BCUT2D eigenvalue weighted by Gasteiger charge is 2.34. The van der Waals surface area contributed by atoms with E-state index in [1.54, 1.807) is 12.0 Å². The van der Waals surface area contributed by atoms with E-state index in [1.165, 1.54) is 7.11 Å². The number of rotatable bonds is 12. The van der Waals surface area contributed by atoms with E-state index in [0.717, 1.165) is 29.0 Å². The van der Waals surface area contributed by atoms with E-state index < -0.39 is 6.10 Å². The largest absolute Gasteiger partial charge is 0.497 e. The van der Waals surface area contributed by atoms with E-state index in [2.05, 4.69) is 0 Å². The van der Waals surface area contributed by atoms with Crippen molar-refractivity contribution in [2.24, 2.45) is 0 Å². The fourth-order valence-electron chi connectivity index (χ4n) is 4.10. The zero-order valence-corrected chi connectivity index (χ0v) is 21.2. The predicted molar refractivity (Wildman–Crippen MR) is 133 cm³/mol. The van der Waals surface area contributed by atoms with E-state index in [1.807, 2.05) is 74.3 Å². The molecule has 0 spiro atoms. The number of esters is 1. The monoisotopic (exact) mass is 484 g/mol. The molecule has 2 atom stereocenters. The zero-order chi connectivity index (χ0) is 25.4. The van der Waals surface area contributed by atoms with Crippen molar-refractivity contribution in [1.82, 2.24) is 9.80 Å². The molecule has 1 unspecified atom stereocenters. The molecule has 2 aromatic rings. The van der Waals surface area contributed by atoms with Crippen molar-refractivity contribution in [3.63, 3.8) is 0 Å². The lowest BCUT2D eigenvalue weighted by Gasteiger charge is -2.19. The molecule has 0 bridgehead atoms. The second-order valence-corrected chi connectivity index (χ2v) is 8.96. The third-order valence-electron chi connectivity index (χ3n) is 6.05. The first-order chi connectivity index (χ1) is 16.8. The molecule has 8 nitrogen and oxygen atoms in total. The number of amides is 2. The maximum atomic E-state index is 12.7. The lowest BCUT2D eigenvalue weighted by molar-refractivity contribution is -0.156. The number of likely N-dealkylation sites (N-methyl/N-ethyl adjacent to an activating group) is 1. The molecule has 190 valence electrons. The summed E-state index contributed by atoms with van der Waals surface area (Å²) in [6, 6.07) is 15.5. The van der Waals surface area contributed by atoms with Crippen LogP contribution in [-0.2, 0) is 27.2 Å². The normalized spacial score (nSPS) is 16.5. The highest BCUT2D eigenvalue weighted by molar-refractivity contribution is 5.77. The van der Waals surface area contributed by atoms with Crippen molar-refractivity contribution in [3.05, 3.63) is 59.7 Å². The highest BCUT2D eigenvalue weighted by Crippen LogP contribution is 2.22. The minimum absolute atomic E-state index is 0.0268. The van der Waals surface area contributed by atoms with Crippen LogP contribution < -0.4 is 9.47 Å². The summed E-state index contributed by atoms with van der Waals surface area (Å²) in [5.41, 5.74) is 2.03. The summed E-state index contributed by atoms with van der Waals surface area (Å²) in [4.78, 5) is 28.3. The molecule has 2 aromatic carbocycles. The van der Waals surface area contributed by atoms with Crippen LogP contribution in [0.3, 0.4) is 0 Å². The van der Waals surface area contributed by atoms with Crippen LogP contribution >= 0.6 is 0 Å². The maximum Gasteiger partial charge on any atom is 0.335 e.